The van der Waals surface area contributed by atoms with Gasteiger partial charge in [-0.2, -0.15) is 5.10 Å². The highest BCUT2D eigenvalue weighted by Gasteiger charge is 2.33. The van der Waals surface area contributed by atoms with Crippen LogP contribution in [0.4, 0.5) is 0 Å². The molecule has 2 heterocycles. The molecule has 0 bridgehead atoms. The van der Waals surface area contributed by atoms with Crippen molar-refractivity contribution < 1.29 is 0 Å². The number of nitrogens with zero attached hydrogens (tertiary/aromatic N) is 3. The zero-order valence-corrected chi connectivity index (χ0v) is 13.6. The van der Waals surface area contributed by atoms with Crippen LogP contribution >= 0.6 is 0 Å². The summed E-state index contributed by atoms with van der Waals surface area (Å²) in [5.41, 5.74) is 1.22. The van der Waals surface area contributed by atoms with Crippen molar-refractivity contribution in [3.63, 3.8) is 0 Å². The summed E-state index contributed by atoms with van der Waals surface area (Å²) in [7, 11) is 2.01. The molecule has 2 atom stereocenters. The molecular formula is C17H30N4. The Morgan fingerprint density at radius 1 is 1.29 bits per heavy atom. The van der Waals surface area contributed by atoms with E-state index in [1.807, 2.05) is 11.7 Å². The zero-order chi connectivity index (χ0) is 14.7. The third-order valence-corrected chi connectivity index (χ3v) is 5.36. The lowest BCUT2D eigenvalue weighted by Crippen LogP contribution is -2.58. The molecule has 2 unspecified atom stereocenters. The van der Waals surface area contributed by atoms with Crippen molar-refractivity contribution >= 4 is 0 Å². The van der Waals surface area contributed by atoms with Crippen molar-refractivity contribution in [2.75, 3.05) is 13.1 Å². The van der Waals surface area contributed by atoms with Crippen LogP contribution in [0.15, 0.2) is 12.3 Å². The highest BCUT2D eigenvalue weighted by Crippen LogP contribution is 2.31. The van der Waals surface area contributed by atoms with E-state index in [2.05, 4.69) is 34.5 Å². The van der Waals surface area contributed by atoms with Crippen LogP contribution in [0.2, 0.25) is 0 Å². The molecule has 1 aliphatic heterocycles. The summed E-state index contributed by atoms with van der Waals surface area (Å²) in [5.74, 6) is 0.882. The van der Waals surface area contributed by atoms with E-state index in [1.165, 1.54) is 50.8 Å². The normalized spacial score (nSPS) is 28.9. The molecule has 0 radical (unpaired) electrons. The number of rotatable bonds is 4. The van der Waals surface area contributed by atoms with Crippen LogP contribution in [0.3, 0.4) is 0 Å². The van der Waals surface area contributed by atoms with Gasteiger partial charge in [0.05, 0.1) is 5.69 Å². The minimum atomic E-state index is 0.647. The van der Waals surface area contributed by atoms with Crippen LogP contribution in [0.1, 0.15) is 51.1 Å². The number of aryl methyl sites for hydroxylation is 1. The van der Waals surface area contributed by atoms with Crippen molar-refractivity contribution in [1.82, 2.24) is 20.0 Å². The summed E-state index contributed by atoms with van der Waals surface area (Å²) < 4.78 is 1.92. The van der Waals surface area contributed by atoms with Gasteiger partial charge in [-0.1, -0.05) is 26.2 Å². The molecule has 3 rings (SSSR count). The largest absolute Gasteiger partial charge is 0.311 e. The molecule has 4 heteroatoms. The van der Waals surface area contributed by atoms with Crippen LogP contribution in [-0.2, 0) is 13.6 Å². The predicted molar refractivity (Wildman–Crippen MR) is 86.1 cm³/mol. The minimum Gasteiger partial charge on any atom is -0.311 e. The molecule has 1 N–H and O–H groups in total. The van der Waals surface area contributed by atoms with Gasteiger partial charge in [0, 0.05) is 45.0 Å². The first-order chi connectivity index (χ1) is 10.3. The van der Waals surface area contributed by atoms with Crippen molar-refractivity contribution in [3.05, 3.63) is 18.0 Å². The molecule has 1 aromatic heterocycles. The average Bonchev–Trinajstić information content (AvgIpc) is 2.93. The summed E-state index contributed by atoms with van der Waals surface area (Å²) in [6.07, 6.45) is 10.4. The van der Waals surface area contributed by atoms with E-state index in [4.69, 9.17) is 0 Å². The zero-order valence-electron chi connectivity index (χ0n) is 13.6. The van der Waals surface area contributed by atoms with Gasteiger partial charge in [0.15, 0.2) is 0 Å². The van der Waals surface area contributed by atoms with Crippen LogP contribution < -0.4 is 5.32 Å². The smallest absolute Gasteiger partial charge is 0.0764 e. The van der Waals surface area contributed by atoms with Gasteiger partial charge in [-0.25, -0.2) is 0 Å². The maximum absolute atomic E-state index is 4.59. The van der Waals surface area contributed by atoms with E-state index in [-0.39, 0.29) is 0 Å². The van der Waals surface area contributed by atoms with Crippen molar-refractivity contribution in [1.29, 1.82) is 0 Å². The lowest BCUT2D eigenvalue weighted by molar-refractivity contribution is 0.0634. The molecule has 1 aliphatic carbocycles. The monoisotopic (exact) mass is 290 g/mol. The van der Waals surface area contributed by atoms with E-state index >= 15 is 0 Å². The summed E-state index contributed by atoms with van der Waals surface area (Å²) in [4.78, 5) is 2.71. The molecule has 21 heavy (non-hydrogen) atoms. The van der Waals surface area contributed by atoms with Gasteiger partial charge >= 0.3 is 0 Å². The standard InChI is InChI=1S/C17H30N4/c1-3-15-12-21(13-16-9-10-20(2)19-16)17(11-18-15)14-7-5-4-6-8-14/h9-10,14-15,17-18H,3-8,11-13H2,1-2H3. The second kappa shape index (κ2) is 6.93. The average molecular weight is 290 g/mol. The van der Waals surface area contributed by atoms with E-state index < -0.39 is 0 Å². The van der Waals surface area contributed by atoms with Crippen LogP contribution in [0.25, 0.3) is 0 Å². The minimum absolute atomic E-state index is 0.647. The molecule has 2 aliphatic rings. The topological polar surface area (TPSA) is 33.1 Å². The van der Waals surface area contributed by atoms with Crippen molar-refractivity contribution in [3.8, 4) is 0 Å². The summed E-state index contributed by atoms with van der Waals surface area (Å²) >= 11 is 0. The molecule has 1 saturated heterocycles. The fourth-order valence-corrected chi connectivity index (χ4v) is 4.09. The molecule has 2 fully saturated rings. The first kappa shape index (κ1) is 15.0. The Bertz CT molecular complexity index is 436. The lowest BCUT2D eigenvalue weighted by Gasteiger charge is -2.44. The van der Waals surface area contributed by atoms with E-state index in [1.54, 1.807) is 0 Å². The van der Waals surface area contributed by atoms with E-state index in [9.17, 15) is 0 Å². The summed E-state index contributed by atoms with van der Waals surface area (Å²) in [6, 6.07) is 3.52. The number of piperazine rings is 1. The maximum Gasteiger partial charge on any atom is 0.0764 e. The molecule has 0 spiro atoms. The number of aromatic nitrogens is 2. The fourth-order valence-electron chi connectivity index (χ4n) is 4.09. The second-order valence-corrected chi connectivity index (χ2v) is 6.89. The first-order valence-corrected chi connectivity index (χ1v) is 8.72. The molecule has 0 amide bonds. The van der Waals surface area contributed by atoms with E-state index in [0.717, 1.165) is 19.0 Å². The van der Waals surface area contributed by atoms with Crippen LogP contribution in [0.5, 0.6) is 0 Å². The molecule has 0 aromatic carbocycles. The molecule has 4 nitrogen and oxygen atoms in total. The third kappa shape index (κ3) is 3.67. The van der Waals surface area contributed by atoms with Crippen LogP contribution in [0, 0.1) is 5.92 Å². The predicted octanol–water partition coefficient (Wildman–Crippen LogP) is 2.55. The SMILES string of the molecule is CCC1CN(Cc2ccn(C)n2)C(C2CCCCC2)CN1. The van der Waals surface area contributed by atoms with Gasteiger partial charge in [-0.15, -0.1) is 0 Å². The molecule has 1 saturated carbocycles. The van der Waals surface area contributed by atoms with Gasteiger partial charge in [0.2, 0.25) is 0 Å². The third-order valence-electron chi connectivity index (χ3n) is 5.36. The number of nitrogens with one attached hydrogen (secondary N) is 1. The first-order valence-electron chi connectivity index (χ1n) is 8.72. The van der Waals surface area contributed by atoms with Crippen molar-refractivity contribution in [2.45, 2.75) is 64.1 Å². The second-order valence-electron chi connectivity index (χ2n) is 6.89. The quantitative estimate of drug-likeness (QED) is 0.925. The highest BCUT2D eigenvalue weighted by molar-refractivity contribution is 5.01. The molecule has 1 aromatic rings. The van der Waals surface area contributed by atoms with Gasteiger partial charge in [-0.05, 0) is 31.2 Å². The highest BCUT2D eigenvalue weighted by atomic mass is 15.3. The number of hydrogen-bond acceptors (Lipinski definition) is 3. The maximum atomic E-state index is 4.59. The molecular weight excluding hydrogens is 260 g/mol. The Kier molecular flexibility index (Phi) is 4.96. The summed E-state index contributed by atoms with van der Waals surface area (Å²) in [6.45, 7) is 5.64. The Balaban J connectivity index is 1.69. The van der Waals surface area contributed by atoms with Gasteiger partial charge in [0.1, 0.15) is 0 Å². The lowest BCUT2D eigenvalue weighted by atomic mass is 9.82. The van der Waals surface area contributed by atoms with Gasteiger partial charge < -0.3 is 5.32 Å². The van der Waals surface area contributed by atoms with Gasteiger partial charge in [-0.3, -0.25) is 9.58 Å². The Labute approximate surface area is 128 Å². The Morgan fingerprint density at radius 2 is 2.10 bits per heavy atom. The summed E-state index contributed by atoms with van der Waals surface area (Å²) in [5, 5.41) is 8.36. The number of hydrogen-bond donors (Lipinski definition) is 1. The fraction of sp³-hybridized carbons (Fsp3) is 0.824. The Hall–Kier alpha value is -0.870. The molecule has 118 valence electrons. The Morgan fingerprint density at radius 3 is 2.76 bits per heavy atom. The van der Waals surface area contributed by atoms with Gasteiger partial charge in [0.25, 0.3) is 0 Å². The van der Waals surface area contributed by atoms with E-state index in [0.29, 0.717) is 12.1 Å². The van der Waals surface area contributed by atoms with Crippen LogP contribution in [-0.4, -0.2) is 39.9 Å². The van der Waals surface area contributed by atoms with Crippen molar-refractivity contribution in [2.24, 2.45) is 13.0 Å².